The summed E-state index contributed by atoms with van der Waals surface area (Å²) < 4.78 is 2.12. The van der Waals surface area contributed by atoms with Crippen molar-refractivity contribution in [3.63, 3.8) is 0 Å². The molecule has 0 saturated heterocycles. The fourth-order valence-electron chi connectivity index (χ4n) is 2.40. The number of nitrogens with zero attached hydrogens (tertiary/aromatic N) is 3. The Hall–Kier alpha value is -2.12. The average Bonchev–Trinajstić information content (AvgIpc) is 2.94. The van der Waals surface area contributed by atoms with Crippen molar-refractivity contribution < 1.29 is 0 Å². The van der Waals surface area contributed by atoms with Gasteiger partial charge in [0, 0.05) is 5.38 Å². The number of aryl methyl sites for hydroxylation is 3. The lowest BCUT2D eigenvalue weighted by Crippen LogP contribution is -1.95. The van der Waals surface area contributed by atoms with E-state index in [1.54, 1.807) is 11.3 Å². The van der Waals surface area contributed by atoms with Crippen molar-refractivity contribution in [2.75, 3.05) is 0 Å². The van der Waals surface area contributed by atoms with Gasteiger partial charge in [-0.3, -0.25) is 4.40 Å². The van der Waals surface area contributed by atoms with Crippen molar-refractivity contribution in [3.8, 4) is 17.3 Å². The molecule has 0 radical (unpaired) electrons. The first-order chi connectivity index (χ1) is 9.61. The van der Waals surface area contributed by atoms with Gasteiger partial charge < -0.3 is 0 Å². The molecule has 0 fully saturated rings. The van der Waals surface area contributed by atoms with Crippen molar-refractivity contribution >= 4 is 16.3 Å². The van der Waals surface area contributed by atoms with Crippen LogP contribution in [0.4, 0.5) is 0 Å². The maximum atomic E-state index is 9.01. The second-order valence-corrected chi connectivity index (χ2v) is 5.85. The van der Waals surface area contributed by atoms with Gasteiger partial charge in [-0.25, -0.2) is 4.98 Å². The zero-order valence-corrected chi connectivity index (χ0v) is 12.6. The van der Waals surface area contributed by atoms with Gasteiger partial charge in [-0.2, -0.15) is 5.26 Å². The zero-order chi connectivity index (χ0) is 14.3. The Labute approximate surface area is 122 Å². The van der Waals surface area contributed by atoms with Gasteiger partial charge in [0.05, 0.1) is 29.6 Å². The van der Waals surface area contributed by atoms with E-state index in [1.807, 2.05) is 6.92 Å². The number of hydrogen-bond acceptors (Lipinski definition) is 3. The first-order valence-corrected chi connectivity index (χ1v) is 7.39. The Kier molecular flexibility index (Phi) is 3.07. The standard InChI is InChI=1S/C16H15N3S/c1-10-4-5-13(8-11(10)2)15-9-20-16-18-12(3)14(6-7-17)19(15)16/h4-5,8-9H,6H2,1-3H3. The van der Waals surface area contributed by atoms with Crippen LogP contribution in [0.2, 0.25) is 0 Å². The minimum Gasteiger partial charge on any atom is -0.286 e. The number of benzene rings is 1. The van der Waals surface area contributed by atoms with Gasteiger partial charge in [0.2, 0.25) is 0 Å². The number of fused-ring (bicyclic) bond motifs is 1. The van der Waals surface area contributed by atoms with Crippen molar-refractivity contribution in [2.24, 2.45) is 0 Å². The van der Waals surface area contributed by atoms with Crippen LogP contribution < -0.4 is 0 Å². The van der Waals surface area contributed by atoms with Gasteiger partial charge in [-0.15, -0.1) is 11.3 Å². The summed E-state index contributed by atoms with van der Waals surface area (Å²) in [6.07, 6.45) is 0.390. The third-order valence-corrected chi connectivity index (χ3v) is 4.53. The van der Waals surface area contributed by atoms with Crippen LogP contribution in [0.15, 0.2) is 23.6 Å². The Balaban J connectivity index is 2.26. The van der Waals surface area contributed by atoms with Crippen LogP contribution in [0.1, 0.15) is 22.5 Å². The molecule has 0 atom stereocenters. The molecule has 20 heavy (non-hydrogen) atoms. The lowest BCUT2D eigenvalue weighted by atomic mass is 10.0. The van der Waals surface area contributed by atoms with Crippen LogP contribution in [-0.2, 0) is 6.42 Å². The molecular weight excluding hydrogens is 266 g/mol. The minimum atomic E-state index is 0.390. The smallest absolute Gasteiger partial charge is 0.194 e. The summed E-state index contributed by atoms with van der Waals surface area (Å²) in [6.45, 7) is 6.21. The molecule has 3 rings (SSSR count). The zero-order valence-electron chi connectivity index (χ0n) is 11.8. The van der Waals surface area contributed by atoms with Gasteiger partial charge in [-0.05, 0) is 43.5 Å². The average molecular weight is 281 g/mol. The third kappa shape index (κ3) is 1.91. The first kappa shape index (κ1) is 12.9. The molecule has 3 nitrogen and oxygen atoms in total. The second kappa shape index (κ2) is 4.77. The normalized spacial score (nSPS) is 10.9. The van der Waals surface area contributed by atoms with Gasteiger partial charge in [-0.1, -0.05) is 12.1 Å². The van der Waals surface area contributed by atoms with Crippen LogP contribution >= 0.6 is 11.3 Å². The van der Waals surface area contributed by atoms with E-state index in [-0.39, 0.29) is 0 Å². The monoisotopic (exact) mass is 281 g/mol. The number of rotatable bonds is 2. The number of nitriles is 1. The van der Waals surface area contributed by atoms with E-state index in [0.717, 1.165) is 22.0 Å². The molecule has 3 aromatic rings. The van der Waals surface area contributed by atoms with Crippen LogP contribution in [0.3, 0.4) is 0 Å². The van der Waals surface area contributed by atoms with Crippen LogP contribution in [0.5, 0.6) is 0 Å². The lowest BCUT2D eigenvalue weighted by molar-refractivity contribution is 1.05. The predicted molar refractivity (Wildman–Crippen MR) is 82.0 cm³/mol. The molecule has 0 aliphatic carbocycles. The van der Waals surface area contributed by atoms with Gasteiger partial charge >= 0.3 is 0 Å². The summed E-state index contributed by atoms with van der Waals surface area (Å²) in [6, 6.07) is 8.71. The molecule has 0 aliphatic rings. The summed E-state index contributed by atoms with van der Waals surface area (Å²) in [5, 5.41) is 11.1. The van der Waals surface area contributed by atoms with Crippen LogP contribution in [-0.4, -0.2) is 9.38 Å². The predicted octanol–water partition coefficient (Wildman–Crippen LogP) is 4.05. The molecule has 2 heterocycles. The van der Waals surface area contributed by atoms with Gasteiger partial charge in [0.15, 0.2) is 4.96 Å². The molecule has 4 heteroatoms. The van der Waals surface area contributed by atoms with Crippen molar-refractivity contribution in [3.05, 3.63) is 46.1 Å². The first-order valence-electron chi connectivity index (χ1n) is 6.52. The molecule has 2 aromatic heterocycles. The molecule has 100 valence electrons. The number of hydrogen-bond donors (Lipinski definition) is 0. The largest absolute Gasteiger partial charge is 0.286 e. The lowest BCUT2D eigenvalue weighted by Gasteiger charge is -2.06. The topological polar surface area (TPSA) is 41.1 Å². The summed E-state index contributed by atoms with van der Waals surface area (Å²) in [7, 11) is 0. The van der Waals surface area contributed by atoms with Crippen molar-refractivity contribution in [2.45, 2.75) is 27.2 Å². The summed E-state index contributed by atoms with van der Waals surface area (Å²) in [5.41, 5.74) is 6.81. The Morgan fingerprint density at radius 3 is 2.75 bits per heavy atom. The number of aromatic nitrogens is 2. The van der Waals surface area contributed by atoms with Gasteiger partial charge in [0.25, 0.3) is 0 Å². The summed E-state index contributed by atoms with van der Waals surface area (Å²) in [4.78, 5) is 5.51. The fourth-order valence-corrected chi connectivity index (χ4v) is 3.37. The highest BCUT2D eigenvalue weighted by Crippen LogP contribution is 2.30. The van der Waals surface area contributed by atoms with E-state index >= 15 is 0 Å². The highest BCUT2D eigenvalue weighted by Gasteiger charge is 2.15. The number of imidazole rings is 1. The Morgan fingerprint density at radius 1 is 1.25 bits per heavy atom. The van der Waals surface area contributed by atoms with Crippen LogP contribution in [0.25, 0.3) is 16.2 Å². The number of thiazole rings is 1. The molecule has 0 spiro atoms. The van der Waals surface area contributed by atoms with E-state index in [2.05, 4.69) is 52.9 Å². The third-order valence-electron chi connectivity index (χ3n) is 3.71. The fraction of sp³-hybridized carbons (Fsp3) is 0.250. The molecule has 0 aliphatic heterocycles. The highest BCUT2D eigenvalue weighted by molar-refractivity contribution is 7.15. The Morgan fingerprint density at radius 2 is 2.05 bits per heavy atom. The Bertz CT molecular complexity index is 833. The van der Waals surface area contributed by atoms with Crippen LogP contribution in [0, 0.1) is 32.1 Å². The van der Waals surface area contributed by atoms with E-state index in [4.69, 9.17) is 5.26 Å². The van der Waals surface area contributed by atoms with Crippen molar-refractivity contribution in [1.82, 2.24) is 9.38 Å². The quantitative estimate of drug-likeness (QED) is 0.711. The molecular formula is C16H15N3S. The molecule has 0 amide bonds. The minimum absolute atomic E-state index is 0.390. The van der Waals surface area contributed by atoms with E-state index in [0.29, 0.717) is 6.42 Å². The maximum absolute atomic E-state index is 9.01. The van der Waals surface area contributed by atoms with E-state index < -0.39 is 0 Å². The molecule has 0 N–H and O–H groups in total. The van der Waals surface area contributed by atoms with Crippen molar-refractivity contribution in [1.29, 1.82) is 5.26 Å². The summed E-state index contributed by atoms with van der Waals surface area (Å²) in [5.74, 6) is 0. The highest BCUT2D eigenvalue weighted by atomic mass is 32.1. The SMILES string of the molecule is Cc1ccc(-c2csc3nc(C)c(CC#N)n23)cc1C. The molecule has 0 bridgehead atoms. The second-order valence-electron chi connectivity index (χ2n) is 5.02. The van der Waals surface area contributed by atoms with E-state index in [1.165, 1.54) is 16.7 Å². The molecule has 1 aromatic carbocycles. The molecule has 0 unspecified atom stereocenters. The summed E-state index contributed by atoms with van der Waals surface area (Å²) >= 11 is 1.62. The van der Waals surface area contributed by atoms with E-state index in [9.17, 15) is 0 Å². The van der Waals surface area contributed by atoms with Gasteiger partial charge in [0.1, 0.15) is 0 Å². The maximum Gasteiger partial charge on any atom is 0.194 e. The molecule has 0 saturated carbocycles.